The highest BCUT2D eigenvalue weighted by atomic mass is 15.2. The van der Waals surface area contributed by atoms with E-state index in [-0.39, 0.29) is 0 Å². The molecule has 0 aromatic carbocycles. The highest BCUT2D eigenvalue weighted by Crippen LogP contribution is 1.82. The van der Waals surface area contributed by atoms with E-state index in [1.807, 2.05) is 32.1 Å². The van der Waals surface area contributed by atoms with Crippen molar-refractivity contribution in [2.45, 2.75) is 13.8 Å². The topological polar surface area (TPSA) is 38.0 Å². The van der Waals surface area contributed by atoms with Crippen molar-refractivity contribution in [1.29, 1.82) is 0 Å². The molecule has 0 bridgehead atoms. The normalized spacial score (nSPS) is 12.6. The van der Waals surface area contributed by atoms with Gasteiger partial charge in [-0.2, -0.15) is 0 Å². The molecule has 0 saturated carbocycles. The second-order valence-electron chi connectivity index (χ2n) is 1.52. The lowest BCUT2D eigenvalue weighted by molar-refractivity contribution is 0.886. The van der Waals surface area contributed by atoms with Gasteiger partial charge in [0.05, 0.1) is 0 Å². The molecule has 2 nitrogen and oxygen atoms in total. The van der Waals surface area contributed by atoms with Gasteiger partial charge >= 0.3 is 0 Å². The maximum Gasteiger partial charge on any atom is 0.0228 e. The lowest BCUT2D eigenvalue weighted by Gasteiger charge is -1.92. The predicted molar refractivity (Wildman–Crippen MR) is 35.9 cm³/mol. The molecule has 0 unspecified atom stereocenters. The van der Waals surface area contributed by atoms with Crippen LogP contribution in [0.5, 0.6) is 0 Å². The van der Waals surface area contributed by atoms with Gasteiger partial charge in [0.2, 0.25) is 0 Å². The SMILES string of the molecule is C/C=C\C=C(/C)NN. The van der Waals surface area contributed by atoms with Crippen LogP contribution in [-0.4, -0.2) is 0 Å². The first-order chi connectivity index (χ1) is 3.81. The van der Waals surface area contributed by atoms with Crippen LogP contribution in [0.2, 0.25) is 0 Å². The zero-order chi connectivity index (χ0) is 6.41. The van der Waals surface area contributed by atoms with Crippen molar-refractivity contribution in [3.8, 4) is 0 Å². The molecule has 0 aromatic heterocycles. The summed E-state index contributed by atoms with van der Waals surface area (Å²) in [5.74, 6) is 5.06. The van der Waals surface area contributed by atoms with E-state index in [2.05, 4.69) is 5.43 Å². The predicted octanol–water partition coefficient (Wildman–Crippen LogP) is 0.930. The van der Waals surface area contributed by atoms with Gasteiger partial charge in [-0.1, -0.05) is 12.2 Å². The highest BCUT2D eigenvalue weighted by Gasteiger charge is 1.73. The first kappa shape index (κ1) is 7.24. The molecule has 0 aromatic rings. The van der Waals surface area contributed by atoms with Crippen molar-refractivity contribution in [3.63, 3.8) is 0 Å². The van der Waals surface area contributed by atoms with Crippen molar-refractivity contribution in [2.24, 2.45) is 5.84 Å². The number of allylic oxidation sites excluding steroid dienone is 4. The van der Waals surface area contributed by atoms with Crippen LogP contribution in [0.3, 0.4) is 0 Å². The highest BCUT2D eigenvalue weighted by molar-refractivity contribution is 5.07. The van der Waals surface area contributed by atoms with Gasteiger partial charge in [0.15, 0.2) is 0 Å². The van der Waals surface area contributed by atoms with Crippen molar-refractivity contribution in [3.05, 3.63) is 23.9 Å². The minimum absolute atomic E-state index is 0.961. The number of hydrogen-bond donors (Lipinski definition) is 2. The van der Waals surface area contributed by atoms with E-state index < -0.39 is 0 Å². The molecule has 0 aliphatic rings. The Hall–Kier alpha value is -0.760. The fourth-order valence-electron chi connectivity index (χ4n) is 0.289. The molecule has 0 rings (SSSR count). The lowest BCUT2D eigenvalue weighted by atomic mass is 10.4. The molecule has 8 heavy (non-hydrogen) atoms. The minimum Gasteiger partial charge on any atom is -0.329 e. The fraction of sp³-hybridized carbons (Fsp3) is 0.333. The van der Waals surface area contributed by atoms with Crippen LogP contribution in [0, 0.1) is 0 Å². The molecule has 0 atom stereocenters. The third-order valence-electron chi connectivity index (χ3n) is 0.766. The second kappa shape index (κ2) is 4.40. The number of hydrogen-bond acceptors (Lipinski definition) is 2. The zero-order valence-electron chi connectivity index (χ0n) is 5.31. The Bertz CT molecular complexity index is 103. The second-order valence-corrected chi connectivity index (χ2v) is 1.52. The number of rotatable bonds is 2. The number of nitrogens with two attached hydrogens (primary N) is 1. The molecule has 0 spiro atoms. The van der Waals surface area contributed by atoms with E-state index in [1.165, 1.54) is 0 Å². The van der Waals surface area contributed by atoms with Crippen molar-refractivity contribution in [2.75, 3.05) is 0 Å². The molecule has 2 heteroatoms. The molecular weight excluding hydrogens is 100 g/mol. The molecule has 3 N–H and O–H groups in total. The van der Waals surface area contributed by atoms with Gasteiger partial charge in [-0.05, 0) is 19.9 Å². The Morgan fingerprint density at radius 3 is 2.62 bits per heavy atom. The Morgan fingerprint density at radius 1 is 1.62 bits per heavy atom. The summed E-state index contributed by atoms with van der Waals surface area (Å²) < 4.78 is 0. The van der Waals surface area contributed by atoms with E-state index >= 15 is 0 Å². The molecule has 0 aliphatic heterocycles. The average molecular weight is 112 g/mol. The lowest BCUT2D eigenvalue weighted by Crippen LogP contribution is -2.18. The van der Waals surface area contributed by atoms with Crippen molar-refractivity contribution in [1.82, 2.24) is 5.43 Å². The number of nitrogens with one attached hydrogen (secondary N) is 1. The standard InChI is InChI=1S/C6H12N2/c1-3-4-5-6(2)8-7/h3-5,8H,7H2,1-2H3/b4-3-,6-5+. The Kier molecular flexibility index (Phi) is 3.98. The molecule has 0 aliphatic carbocycles. The zero-order valence-corrected chi connectivity index (χ0v) is 5.31. The summed E-state index contributed by atoms with van der Waals surface area (Å²) in [6, 6.07) is 0. The maximum absolute atomic E-state index is 5.06. The van der Waals surface area contributed by atoms with Crippen molar-refractivity contribution >= 4 is 0 Å². The molecule has 0 amide bonds. The first-order valence-electron chi connectivity index (χ1n) is 2.57. The van der Waals surface area contributed by atoms with Crippen LogP contribution in [0.25, 0.3) is 0 Å². The van der Waals surface area contributed by atoms with E-state index in [9.17, 15) is 0 Å². The van der Waals surface area contributed by atoms with Crippen LogP contribution in [0.4, 0.5) is 0 Å². The maximum atomic E-state index is 5.06. The molecule has 0 heterocycles. The van der Waals surface area contributed by atoms with Gasteiger partial charge in [-0.3, -0.25) is 5.84 Å². The van der Waals surface area contributed by atoms with Crippen LogP contribution in [0.15, 0.2) is 23.9 Å². The minimum atomic E-state index is 0.961. The van der Waals surface area contributed by atoms with E-state index in [0.717, 1.165) is 5.70 Å². The van der Waals surface area contributed by atoms with Gasteiger partial charge in [-0.15, -0.1) is 0 Å². The van der Waals surface area contributed by atoms with E-state index in [1.54, 1.807) is 0 Å². The molecule has 0 fully saturated rings. The monoisotopic (exact) mass is 112 g/mol. The first-order valence-corrected chi connectivity index (χ1v) is 2.57. The van der Waals surface area contributed by atoms with Crippen LogP contribution in [0.1, 0.15) is 13.8 Å². The van der Waals surface area contributed by atoms with Gasteiger partial charge in [0.1, 0.15) is 0 Å². The van der Waals surface area contributed by atoms with Crippen molar-refractivity contribution < 1.29 is 0 Å². The molecule has 46 valence electrons. The van der Waals surface area contributed by atoms with E-state index in [0.29, 0.717) is 0 Å². The Balaban J connectivity index is 3.57. The summed E-state index contributed by atoms with van der Waals surface area (Å²) in [5.41, 5.74) is 3.47. The Morgan fingerprint density at radius 2 is 2.25 bits per heavy atom. The fourth-order valence-corrected chi connectivity index (χ4v) is 0.289. The van der Waals surface area contributed by atoms with Gasteiger partial charge in [-0.25, -0.2) is 0 Å². The Labute approximate surface area is 50.0 Å². The quantitative estimate of drug-likeness (QED) is 0.317. The summed E-state index contributed by atoms with van der Waals surface area (Å²) in [5, 5.41) is 0. The van der Waals surface area contributed by atoms with E-state index in [4.69, 9.17) is 5.84 Å². The summed E-state index contributed by atoms with van der Waals surface area (Å²) in [6.45, 7) is 3.86. The molecule has 0 radical (unpaired) electrons. The summed E-state index contributed by atoms with van der Waals surface area (Å²) in [6.07, 6.45) is 5.77. The molecule has 0 saturated heterocycles. The summed E-state index contributed by atoms with van der Waals surface area (Å²) in [4.78, 5) is 0. The third-order valence-corrected chi connectivity index (χ3v) is 0.766. The summed E-state index contributed by atoms with van der Waals surface area (Å²) in [7, 11) is 0. The number of hydrazine groups is 1. The van der Waals surface area contributed by atoms with Crippen LogP contribution < -0.4 is 11.3 Å². The van der Waals surface area contributed by atoms with Gasteiger partial charge in [0, 0.05) is 5.70 Å². The smallest absolute Gasteiger partial charge is 0.0228 e. The van der Waals surface area contributed by atoms with Gasteiger partial charge < -0.3 is 5.43 Å². The molecular formula is C6H12N2. The third kappa shape index (κ3) is 3.43. The summed E-state index contributed by atoms with van der Waals surface area (Å²) >= 11 is 0. The van der Waals surface area contributed by atoms with Crippen LogP contribution in [-0.2, 0) is 0 Å². The van der Waals surface area contributed by atoms with Crippen LogP contribution >= 0.6 is 0 Å². The largest absolute Gasteiger partial charge is 0.329 e. The average Bonchev–Trinajstić information content (AvgIpc) is 1.83. The van der Waals surface area contributed by atoms with Gasteiger partial charge in [0.25, 0.3) is 0 Å².